The number of nitrogens with zero attached hydrogens (tertiary/aromatic N) is 3. The number of nitrogens with one attached hydrogen (secondary N) is 2. The largest absolute Gasteiger partial charge is 0.494 e. The Kier molecular flexibility index (Phi) is 4.75. The highest BCUT2D eigenvalue weighted by atomic mass is 19.1. The van der Waals surface area contributed by atoms with Gasteiger partial charge in [0.25, 0.3) is 5.91 Å². The summed E-state index contributed by atoms with van der Waals surface area (Å²) in [5.41, 5.74) is 1.38. The monoisotopic (exact) mass is 333 g/mol. The van der Waals surface area contributed by atoms with Crippen molar-refractivity contribution in [1.29, 1.82) is 0 Å². The number of carbonyl (C=O) groups is 1. The van der Waals surface area contributed by atoms with Crippen LogP contribution in [0.1, 0.15) is 35.1 Å². The number of hydrogen-bond acceptors (Lipinski definition) is 5. The molecule has 1 saturated heterocycles. The number of amides is 1. The summed E-state index contributed by atoms with van der Waals surface area (Å²) in [6, 6.07) is 4.18. The molecule has 2 heterocycles. The van der Waals surface area contributed by atoms with E-state index in [0.29, 0.717) is 5.69 Å². The summed E-state index contributed by atoms with van der Waals surface area (Å²) < 4.78 is 20.2. The molecular weight excluding hydrogens is 313 g/mol. The van der Waals surface area contributed by atoms with Crippen LogP contribution in [0.25, 0.3) is 0 Å². The van der Waals surface area contributed by atoms with E-state index >= 15 is 0 Å². The van der Waals surface area contributed by atoms with Crippen LogP contribution in [0.2, 0.25) is 0 Å². The number of carbonyl (C=O) groups excluding carboxylic acids is 1. The maximum atomic E-state index is 13.2. The van der Waals surface area contributed by atoms with E-state index in [2.05, 4.69) is 20.9 Å². The average Bonchev–Trinajstić information content (AvgIpc) is 2.98. The number of hydrogen-bond donors (Lipinski definition) is 2. The summed E-state index contributed by atoms with van der Waals surface area (Å²) >= 11 is 0. The first-order valence-electron chi connectivity index (χ1n) is 7.87. The van der Waals surface area contributed by atoms with Crippen LogP contribution in [0, 0.1) is 12.7 Å². The molecule has 2 N–H and O–H groups in total. The SMILES string of the molecule is COc1cc(F)ccc1NC(=O)c1nnn(C2CCNCC2)c1C. The molecule has 8 heteroatoms. The van der Waals surface area contributed by atoms with Crippen LogP contribution < -0.4 is 15.4 Å². The van der Waals surface area contributed by atoms with Crippen molar-refractivity contribution in [1.82, 2.24) is 20.3 Å². The zero-order valence-corrected chi connectivity index (χ0v) is 13.7. The van der Waals surface area contributed by atoms with Crippen molar-refractivity contribution in [3.05, 3.63) is 35.4 Å². The summed E-state index contributed by atoms with van der Waals surface area (Å²) in [7, 11) is 1.42. The summed E-state index contributed by atoms with van der Waals surface area (Å²) in [5.74, 6) is -0.567. The van der Waals surface area contributed by atoms with Crippen LogP contribution >= 0.6 is 0 Å². The van der Waals surface area contributed by atoms with Gasteiger partial charge in [0, 0.05) is 6.07 Å². The fourth-order valence-corrected chi connectivity index (χ4v) is 2.90. The molecule has 1 fully saturated rings. The fourth-order valence-electron chi connectivity index (χ4n) is 2.90. The lowest BCUT2D eigenvalue weighted by Gasteiger charge is -2.23. The third-order valence-electron chi connectivity index (χ3n) is 4.21. The third-order valence-corrected chi connectivity index (χ3v) is 4.21. The van der Waals surface area contributed by atoms with Crippen LogP contribution in [-0.4, -0.2) is 41.1 Å². The Bertz CT molecular complexity index is 740. The highest BCUT2D eigenvalue weighted by Crippen LogP contribution is 2.26. The van der Waals surface area contributed by atoms with Gasteiger partial charge < -0.3 is 15.4 Å². The first kappa shape index (κ1) is 16.4. The van der Waals surface area contributed by atoms with Crippen LogP contribution in [0.3, 0.4) is 0 Å². The molecule has 1 aromatic heterocycles. The van der Waals surface area contributed by atoms with Gasteiger partial charge >= 0.3 is 0 Å². The van der Waals surface area contributed by atoms with Crippen LogP contribution in [0.15, 0.2) is 18.2 Å². The first-order valence-corrected chi connectivity index (χ1v) is 7.87. The quantitative estimate of drug-likeness (QED) is 0.893. The number of methoxy groups -OCH3 is 1. The molecule has 7 nitrogen and oxygen atoms in total. The van der Waals surface area contributed by atoms with Crippen LogP contribution in [0.5, 0.6) is 5.75 Å². The number of ether oxygens (including phenoxy) is 1. The molecule has 0 spiro atoms. The highest BCUT2D eigenvalue weighted by molar-refractivity contribution is 6.04. The zero-order valence-electron chi connectivity index (χ0n) is 13.7. The smallest absolute Gasteiger partial charge is 0.278 e. The molecule has 0 radical (unpaired) electrons. The number of aromatic nitrogens is 3. The molecule has 1 amide bonds. The minimum absolute atomic E-state index is 0.251. The molecule has 1 aromatic carbocycles. The highest BCUT2D eigenvalue weighted by Gasteiger charge is 2.23. The number of piperidine rings is 1. The van der Waals surface area contributed by atoms with Crippen molar-refractivity contribution in [2.45, 2.75) is 25.8 Å². The molecule has 0 aliphatic carbocycles. The van der Waals surface area contributed by atoms with Gasteiger partial charge in [0.05, 0.1) is 24.5 Å². The second-order valence-corrected chi connectivity index (χ2v) is 5.75. The van der Waals surface area contributed by atoms with Gasteiger partial charge in [0.15, 0.2) is 5.69 Å². The van der Waals surface area contributed by atoms with E-state index in [4.69, 9.17) is 4.74 Å². The first-order chi connectivity index (χ1) is 11.6. The van der Waals surface area contributed by atoms with Crippen molar-refractivity contribution in [3.8, 4) is 5.75 Å². The molecule has 0 unspecified atom stereocenters. The molecule has 3 rings (SSSR count). The molecule has 1 aliphatic rings. The Morgan fingerprint density at radius 2 is 2.17 bits per heavy atom. The summed E-state index contributed by atoms with van der Waals surface area (Å²) in [4.78, 5) is 12.5. The van der Waals surface area contributed by atoms with E-state index in [9.17, 15) is 9.18 Å². The molecule has 0 atom stereocenters. The minimum atomic E-state index is -0.433. The van der Waals surface area contributed by atoms with E-state index in [1.165, 1.54) is 25.3 Å². The molecule has 1 aliphatic heterocycles. The lowest BCUT2D eigenvalue weighted by Crippen LogP contribution is -2.30. The van der Waals surface area contributed by atoms with Crippen molar-refractivity contribution >= 4 is 11.6 Å². The fraction of sp³-hybridized carbons (Fsp3) is 0.438. The van der Waals surface area contributed by atoms with Gasteiger partial charge in [-0.2, -0.15) is 0 Å². The minimum Gasteiger partial charge on any atom is -0.494 e. The van der Waals surface area contributed by atoms with Crippen molar-refractivity contribution in [3.63, 3.8) is 0 Å². The average molecular weight is 333 g/mol. The normalized spacial score (nSPS) is 15.3. The van der Waals surface area contributed by atoms with Gasteiger partial charge in [-0.15, -0.1) is 5.10 Å². The lowest BCUT2D eigenvalue weighted by atomic mass is 10.1. The maximum absolute atomic E-state index is 13.2. The van der Waals surface area contributed by atoms with Gasteiger partial charge in [-0.3, -0.25) is 4.79 Å². The zero-order chi connectivity index (χ0) is 17.1. The van der Waals surface area contributed by atoms with Gasteiger partial charge in [0.1, 0.15) is 11.6 Å². The number of rotatable bonds is 4. The Morgan fingerprint density at radius 1 is 1.42 bits per heavy atom. The summed E-state index contributed by atoms with van der Waals surface area (Å²) in [6.45, 7) is 3.69. The molecular formula is C16H20FN5O2. The number of anilines is 1. The van der Waals surface area contributed by atoms with Crippen molar-refractivity contribution < 1.29 is 13.9 Å². The Balaban J connectivity index is 1.79. The predicted octanol–water partition coefficient (Wildman–Crippen LogP) is 1.91. The lowest BCUT2D eigenvalue weighted by molar-refractivity contribution is 0.102. The van der Waals surface area contributed by atoms with Gasteiger partial charge in [0.2, 0.25) is 0 Å². The van der Waals surface area contributed by atoms with Crippen molar-refractivity contribution in [2.75, 3.05) is 25.5 Å². The molecule has 2 aromatic rings. The van der Waals surface area contributed by atoms with E-state index in [0.717, 1.165) is 31.6 Å². The molecule has 128 valence electrons. The van der Waals surface area contributed by atoms with Crippen LogP contribution in [0.4, 0.5) is 10.1 Å². The number of benzene rings is 1. The Morgan fingerprint density at radius 3 is 2.88 bits per heavy atom. The topological polar surface area (TPSA) is 81.1 Å². The Hall–Kier alpha value is -2.48. The second kappa shape index (κ2) is 6.96. The molecule has 0 saturated carbocycles. The Labute approximate surface area is 139 Å². The number of halogens is 1. The van der Waals surface area contributed by atoms with Gasteiger partial charge in [-0.05, 0) is 45.0 Å². The predicted molar refractivity (Wildman–Crippen MR) is 86.8 cm³/mol. The second-order valence-electron chi connectivity index (χ2n) is 5.75. The van der Waals surface area contributed by atoms with E-state index < -0.39 is 11.7 Å². The van der Waals surface area contributed by atoms with Gasteiger partial charge in [-0.25, -0.2) is 9.07 Å². The maximum Gasteiger partial charge on any atom is 0.278 e. The summed E-state index contributed by atoms with van der Waals surface area (Å²) in [6.07, 6.45) is 1.91. The molecule has 0 bridgehead atoms. The van der Waals surface area contributed by atoms with Crippen LogP contribution in [-0.2, 0) is 0 Å². The molecule has 24 heavy (non-hydrogen) atoms. The standard InChI is InChI=1S/C16H20FN5O2/c1-10-15(20-21-22(10)12-5-7-18-8-6-12)16(23)19-13-4-3-11(17)9-14(13)24-2/h3-4,9,12,18H,5-8H2,1-2H3,(H,19,23). The van der Waals surface area contributed by atoms with E-state index in [-0.39, 0.29) is 17.5 Å². The van der Waals surface area contributed by atoms with Gasteiger partial charge in [-0.1, -0.05) is 5.21 Å². The van der Waals surface area contributed by atoms with Crippen molar-refractivity contribution in [2.24, 2.45) is 0 Å². The van der Waals surface area contributed by atoms with E-state index in [1.54, 1.807) is 0 Å². The third kappa shape index (κ3) is 3.23. The van der Waals surface area contributed by atoms with E-state index in [1.807, 2.05) is 11.6 Å². The summed E-state index contributed by atoms with van der Waals surface area (Å²) in [5, 5.41) is 14.2.